The Balaban J connectivity index is 1.88. The molecule has 0 aliphatic heterocycles. The first-order valence-corrected chi connectivity index (χ1v) is 8.60. The first kappa shape index (κ1) is 15.7. The molecule has 25 heavy (non-hydrogen) atoms. The van der Waals surface area contributed by atoms with Gasteiger partial charge in [0.05, 0.1) is 24.2 Å². The van der Waals surface area contributed by atoms with Crippen LogP contribution in [-0.2, 0) is 5.88 Å². The van der Waals surface area contributed by atoms with Crippen molar-refractivity contribution in [2.45, 2.75) is 5.88 Å². The fraction of sp³-hybridized carbons (Fsp3) is 0.0952. The van der Waals surface area contributed by atoms with Gasteiger partial charge in [0.2, 0.25) is 0 Å². The first-order valence-electron chi connectivity index (χ1n) is 8.07. The molecule has 0 atom stereocenters. The van der Waals surface area contributed by atoms with E-state index in [0.29, 0.717) is 5.88 Å². The molecule has 1 aromatic heterocycles. The molecule has 0 fully saturated rings. The lowest BCUT2D eigenvalue weighted by Crippen LogP contribution is -1.96. The molecule has 3 aromatic carbocycles. The Morgan fingerprint density at radius 3 is 2.52 bits per heavy atom. The number of fused-ring (bicyclic) bond motifs is 3. The molecule has 0 radical (unpaired) electrons. The summed E-state index contributed by atoms with van der Waals surface area (Å²) in [4.78, 5) is 4.76. The number of anilines is 2. The molecule has 0 saturated heterocycles. The Labute approximate surface area is 151 Å². The first-order chi connectivity index (χ1) is 12.3. The number of benzene rings is 3. The lowest BCUT2D eigenvalue weighted by molar-refractivity contribution is 0.415. The van der Waals surface area contributed by atoms with Gasteiger partial charge in [-0.2, -0.15) is 0 Å². The number of methoxy groups -OCH3 is 1. The maximum atomic E-state index is 6.09. The monoisotopic (exact) mass is 348 g/mol. The summed E-state index contributed by atoms with van der Waals surface area (Å²) in [6.45, 7) is 0. The van der Waals surface area contributed by atoms with Gasteiger partial charge in [0.15, 0.2) is 0 Å². The Bertz CT molecular complexity index is 1040. The van der Waals surface area contributed by atoms with Gasteiger partial charge in [0, 0.05) is 22.1 Å². The minimum Gasteiger partial charge on any atom is -0.497 e. The van der Waals surface area contributed by atoms with Crippen LogP contribution >= 0.6 is 11.6 Å². The minimum absolute atomic E-state index is 0.371. The van der Waals surface area contributed by atoms with Crippen LogP contribution in [0.15, 0.2) is 66.7 Å². The van der Waals surface area contributed by atoms with Crippen molar-refractivity contribution in [2.75, 3.05) is 12.4 Å². The van der Waals surface area contributed by atoms with Crippen LogP contribution in [0.5, 0.6) is 5.75 Å². The standard InChI is InChI=1S/C21H17ClN2O/c1-25-17-9-7-15(8-10-17)23-20-12-16(13-22)24-21-18-5-3-2-4-14(18)6-11-19(20)21/h2-12H,13H2,1H3,(H,23,24). The molecular formula is C21H17ClN2O. The van der Waals surface area contributed by atoms with E-state index in [9.17, 15) is 0 Å². The highest BCUT2D eigenvalue weighted by molar-refractivity contribution is 6.17. The summed E-state index contributed by atoms with van der Waals surface area (Å²) in [7, 11) is 1.66. The third-order valence-corrected chi connectivity index (χ3v) is 4.54. The van der Waals surface area contributed by atoms with Crippen LogP contribution in [0.1, 0.15) is 5.69 Å². The summed E-state index contributed by atoms with van der Waals surface area (Å²) >= 11 is 6.09. The smallest absolute Gasteiger partial charge is 0.119 e. The zero-order valence-corrected chi connectivity index (χ0v) is 14.5. The van der Waals surface area contributed by atoms with Crippen LogP contribution in [0.4, 0.5) is 11.4 Å². The average molecular weight is 349 g/mol. The van der Waals surface area contributed by atoms with Crippen LogP contribution in [-0.4, -0.2) is 12.1 Å². The van der Waals surface area contributed by atoms with Gasteiger partial charge in [-0.15, -0.1) is 11.6 Å². The largest absolute Gasteiger partial charge is 0.497 e. The van der Waals surface area contributed by atoms with Crippen molar-refractivity contribution in [3.05, 3.63) is 72.4 Å². The van der Waals surface area contributed by atoms with E-state index in [4.69, 9.17) is 21.3 Å². The Morgan fingerprint density at radius 2 is 1.76 bits per heavy atom. The third kappa shape index (κ3) is 2.99. The maximum absolute atomic E-state index is 6.09. The topological polar surface area (TPSA) is 34.1 Å². The average Bonchev–Trinajstić information content (AvgIpc) is 2.68. The summed E-state index contributed by atoms with van der Waals surface area (Å²) in [5.74, 6) is 1.20. The fourth-order valence-corrected chi connectivity index (χ4v) is 3.15. The van der Waals surface area contributed by atoms with E-state index in [0.717, 1.165) is 39.1 Å². The van der Waals surface area contributed by atoms with E-state index in [1.807, 2.05) is 42.5 Å². The zero-order valence-electron chi connectivity index (χ0n) is 13.8. The molecule has 4 rings (SSSR count). The van der Waals surface area contributed by atoms with Crippen molar-refractivity contribution < 1.29 is 4.74 Å². The number of ether oxygens (including phenoxy) is 1. The molecular weight excluding hydrogens is 332 g/mol. The van der Waals surface area contributed by atoms with Gasteiger partial charge < -0.3 is 10.1 Å². The SMILES string of the molecule is COc1ccc(Nc2cc(CCl)nc3c2ccc2ccccc23)cc1. The van der Waals surface area contributed by atoms with E-state index < -0.39 is 0 Å². The van der Waals surface area contributed by atoms with E-state index in [1.54, 1.807) is 7.11 Å². The predicted molar refractivity (Wildman–Crippen MR) is 105 cm³/mol. The van der Waals surface area contributed by atoms with Gasteiger partial charge in [-0.25, -0.2) is 0 Å². The molecule has 0 saturated carbocycles. The number of hydrogen-bond acceptors (Lipinski definition) is 3. The molecule has 0 amide bonds. The molecule has 0 aliphatic carbocycles. The number of rotatable bonds is 4. The van der Waals surface area contributed by atoms with E-state index in [2.05, 4.69) is 29.6 Å². The summed E-state index contributed by atoms with van der Waals surface area (Å²) in [6.07, 6.45) is 0. The van der Waals surface area contributed by atoms with Crippen molar-refractivity contribution in [3.8, 4) is 5.75 Å². The van der Waals surface area contributed by atoms with Crippen molar-refractivity contribution >= 4 is 44.7 Å². The molecule has 124 valence electrons. The second-order valence-electron chi connectivity index (χ2n) is 5.83. The predicted octanol–water partition coefficient (Wildman–Crippen LogP) is 5.88. The van der Waals surface area contributed by atoms with Crippen LogP contribution in [0.2, 0.25) is 0 Å². The maximum Gasteiger partial charge on any atom is 0.119 e. The molecule has 0 aliphatic rings. The Hall–Kier alpha value is -2.78. The highest BCUT2D eigenvalue weighted by Gasteiger charge is 2.09. The molecule has 4 aromatic rings. The van der Waals surface area contributed by atoms with Crippen molar-refractivity contribution in [1.29, 1.82) is 0 Å². The van der Waals surface area contributed by atoms with Crippen LogP contribution in [0.25, 0.3) is 21.7 Å². The number of aromatic nitrogens is 1. The van der Waals surface area contributed by atoms with Crippen LogP contribution < -0.4 is 10.1 Å². The van der Waals surface area contributed by atoms with E-state index >= 15 is 0 Å². The molecule has 1 heterocycles. The number of nitrogens with zero attached hydrogens (tertiary/aromatic N) is 1. The summed E-state index contributed by atoms with van der Waals surface area (Å²) < 4.78 is 5.22. The minimum atomic E-state index is 0.371. The van der Waals surface area contributed by atoms with Crippen LogP contribution in [0.3, 0.4) is 0 Å². The number of halogens is 1. The lowest BCUT2D eigenvalue weighted by atomic mass is 10.0. The van der Waals surface area contributed by atoms with Gasteiger partial charge in [-0.05, 0) is 35.7 Å². The number of hydrogen-bond donors (Lipinski definition) is 1. The quantitative estimate of drug-likeness (QED) is 0.369. The number of pyridine rings is 1. The van der Waals surface area contributed by atoms with Gasteiger partial charge in [0.25, 0.3) is 0 Å². The molecule has 4 heteroatoms. The number of nitrogens with one attached hydrogen (secondary N) is 1. The molecule has 0 spiro atoms. The fourth-order valence-electron chi connectivity index (χ4n) is 3.01. The summed E-state index contributed by atoms with van der Waals surface area (Å²) in [5, 5.41) is 6.86. The van der Waals surface area contributed by atoms with Crippen molar-refractivity contribution in [3.63, 3.8) is 0 Å². The van der Waals surface area contributed by atoms with Gasteiger partial charge in [-0.1, -0.05) is 36.4 Å². The molecule has 0 bridgehead atoms. The number of alkyl halides is 1. The Morgan fingerprint density at radius 1 is 0.960 bits per heavy atom. The molecule has 0 unspecified atom stereocenters. The van der Waals surface area contributed by atoms with E-state index in [-0.39, 0.29) is 0 Å². The summed E-state index contributed by atoms with van der Waals surface area (Å²) in [5.41, 5.74) is 3.80. The normalized spacial score (nSPS) is 11.0. The lowest BCUT2D eigenvalue weighted by Gasteiger charge is -2.13. The van der Waals surface area contributed by atoms with Crippen molar-refractivity contribution in [1.82, 2.24) is 4.98 Å². The third-order valence-electron chi connectivity index (χ3n) is 4.26. The zero-order chi connectivity index (χ0) is 17.2. The van der Waals surface area contributed by atoms with Gasteiger partial charge in [-0.3, -0.25) is 4.98 Å². The second kappa shape index (κ2) is 6.61. The van der Waals surface area contributed by atoms with E-state index in [1.165, 1.54) is 5.39 Å². The van der Waals surface area contributed by atoms with Crippen LogP contribution in [0, 0.1) is 0 Å². The van der Waals surface area contributed by atoms with Crippen molar-refractivity contribution in [2.24, 2.45) is 0 Å². The summed E-state index contributed by atoms with van der Waals surface area (Å²) in [6, 6.07) is 22.4. The van der Waals surface area contributed by atoms with Gasteiger partial charge >= 0.3 is 0 Å². The highest BCUT2D eigenvalue weighted by atomic mass is 35.5. The Kier molecular flexibility index (Phi) is 4.16. The molecule has 1 N–H and O–H groups in total. The molecule has 3 nitrogen and oxygen atoms in total. The van der Waals surface area contributed by atoms with Gasteiger partial charge in [0.1, 0.15) is 5.75 Å². The second-order valence-corrected chi connectivity index (χ2v) is 6.10. The highest BCUT2D eigenvalue weighted by Crippen LogP contribution is 2.32.